The molecule has 7 heteroatoms. The zero-order chi connectivity index (χ0) is 26.9. The fraction of sp³-hybridized carbons (Fsp3) is 0.194. The lowest BCUT2D eigenvalue weighted by Gasteiger charge is -2.37. The summed E-state index contributed by atoms with van der Waals surface area (Å²) in [6.45, 7) is 9.40. The van der Waals surface area contributed by atoms with Crippen LogP contribution in [-0.4, -0.2) is 20.8 Å². The van der Waals surface area contributed by atoms with Crippen molar-refractivity contribution in [2.24, 2.45) is 4.74 Å². The lowest BCUT2D eigenvalue weighted by atomic mass is 10.1. The van der Waals surface area contributed by atoms with Crippen molar-refractivity contribution in [1.82, 2.24) is 4.57 Å². The highest BCUT2D eigenvalue weighted by molar-refractivity contribution is 7.65. The Bertz CT molecular complexity index is 1670. The zero-order valence-corrected chi connectivity index (χ0v) is 22.9. The van der Waals surface area contributed by atoms with Crippen LogP contribution in [0.3, 0.4) is 0 Å². The molecule has 1 unspecified atom stereocenters. The van der Waals surface area contributed by atoms with Gasteiger partial charge in [-0.25, -0.2) is 9.54 Å². The van der Waals surface area contributed by atoms with Gasteiger partial charge in [0.2, 0.25) is 7.43 Å². The van der Waals surface area contributed by atoms with Crippen molar-refractivity contribution >= 4 is 46.6 Å². The number of anilines is 1. The third-order valence-electron chi connectivity index (χ3n) is 6.63. The Morgan fingerprint density at radius 2 is 1.55 bits per heavy atom. The fourth-order valence-corrected chi connectivity index (χ4v) is 7.05. The molecule has 38 heavy (non-hydrogen) atoms. The van der Waals surface area contributed by atoms with Gasteiger partial charge in [0.25, 0.3) is 0 Å². The van der Waals surface area contributed by atoms with E-state index >= 15 is 0 Å². The fourth-order valence-electron chi connectivity index (χ4n) is 4.63. The van der Waals surface area contributed by atoms with Gasteiger partial charge >= 0.3 is 5.97 Å². The van der Waals surface area contributed by atoms with E-state index in [0.717, 1.165) is 18.0 Å². The second kappa shape index (κ2) is 10.0. The van der Waals surface area contributed by atoms with Crippen molar-refractivity contribution in [3.05, 3.63) is 103 Å². The molecule has 0 aliphatic heterocycles. The molecule has 0 bridgehead atoms. The molecular formula is C31H32N3O3P. The highest BCUT2D eigenvalue weighted by Crippen LogP contribution is 2.62. The van der Waals surface area contributed by atoms with Crippen LogP contribution in [0.2, 0.25) is 0 Å². The van der Waals surface area contributed by atoms with Crippen LogP contribution in [-0.2, 0) is 6.54 Å². The Morgan fingerprint density at radius 1 is 0.895 bits per heavy atom. The highest BCUT2D eigenvalue weighted by Gasteiger charge is 2.38. The normalized spacial score (nSPS) is 13.3. The van der Waals surface area contributed by atoms with Crippen LogP contribution in [0.25, 0.3) is 21.8 Å². The summed E-state index contributed by atoms with van der Waals surface area (Å²) in [6, 6.07) is 31.2. The molecule has 5 aromatic rings. The standard InChI is InChI=1S/C31H32N3O3P/c1-5-34-28-14-10-9-13-26(28)27-21-24(19-20-29(27)34)33-38(31(2,3)4,37-25-11-7-6-8-12-25)32-23-17-15-22(16-18-23)30(35)36/h6-21,33H,5H2,1-4H3,(H,35,36). The predicted octanol–water partition coefficient (Wildman–Crippen LogP) is 9.16. The second-order valence-electron chi connectivity index (χ2n) is 10.2. The molecule has 4 aromatic carbocycles. The second-order valence-corrected chi connectivity index (χ2v) is 13.3. The number of rotatable bonds is 7. The smallest absolute Gasteiger partial charge is 0.335 e. The molecule has 0 saturated carbocycles. The van der Waals surface area contributed by atoms with Gasteiger partial charge < -0.3 is 19.3 Å². The number of fused-ring (bicyclic) bond motifs is 3. The summed E-state index contributed by atoms with van der Waals surface area (Å²) in [5, 5.41) is 15.1. The van der Waals surface area contributed by atoms with Crippen molar-refractivity contribution in [2.75, 3.05) is 5.09 Å². The van der Waals surface area contributed by atoms with Crippen LogP contribution in [0.5, 0.6) is 5.75 Å². The van der Waals surface area contributed by atoms with E-state index in [4.69, 9.17) is 9.27 Å². The number of aromatic nitrogens is 1. The number of benzene rings is 4. The molecule has 0 spiro atoms. The number of hydrogen-bond donors (Lipinski definition) is 2. The molecule has 1 heterocycles. The number of aromatic carboxylic acids is 1. The molecule has 0 aliphatic carbocycles. The van der Waals surface area contributed by atoms with Gasteiger partial charge in [0.1, 0.15) is 5.75 Å². The van der Waals surface area contributed by atoms with Crippen LogP contribution in [0, 0.1) is 0 Å². The first-order chi connectivity index (χ1) is 18.2. The lowest BCUT2D eigenvalue weighted by molar-refractivity contribution is 0.0697. The van der Waals surface area contributed by atoms with Crippen LogP contribution >= 0.6 is 7.43 Å². The Morgan fingerprint density at radius 3 is 2.21 bits per heavy atom. The summed E-state index contributed by atoms with van der Waals surface area (Å²) in [7, 11) is -2.80. The van der Waals surface area contributed by atoms with E-state index in [9.17, 15) is 9.90 Å². The van der Waals surface area contributed by atoms with Gasteiger partial charge in [0, 0.05) is 39.2 Å². The average Bonchev–Trinajstić information content (AvgIpc) is 3.22. The summed E-state index contributed by atoms with van der Waals surface area (Å²) in [5.74, 6) is -0.246. The summed E-state index contributed by atoms with van der Waals surface area (Å²) in [5.41, 5.74) is 4.19. The highest BCUT2D eigenvalue weighted by atomic mass is 31.2. The first-order valence-corrected chi connectivity index (χ1v) is 14.4. The number of carboxylic acid groups (broad SMARTS) is 1. The number of hydrogen-bond acceptors (Lipinski definition) is 3. The van der Waals surface area contributed by atoms with Gasteiger partial charge in [0.05, 0.1) is 11.3 Å². The average molecular weight is 526 g/mol. The molecule has 2 N–H and O–H groups in total. The summed E-state index contributed by atoms with van der Waals surface area (Å²) in [4.78, 5) is 11.4. The van der Waals surface area contributed by atoms with Crippen molar-refractivity contribution in [3.8, 4) is 5.75 Å². The van der Waals surface area contributed by atoms with Gasteiger partial charge in [-0.2, -0.15) is 0 Å². The maximum absolute atomic E-state index is 11.4. The molecular weight excluding hydrogens is 493 g/mol. The Balaban J connectivity index is 1.69. The van der Waals surface area contributed by atoms with Crippen LogP contribution in [0.4, 0.5) is 11.4 Å². The molecule has 0 amide bonds. The van der Waals surface area contributed by atoms with E-state index in [1.54, 1.807) is 24.3 Å². The Hall–Kier alpha value is -4.02. The third-order valence-corrected chi connectivity index (χ3v) is 10.00. The van der Waals surface area contributed by atoms with Crippen molar-refractivity contribution < 1.29 is 14.4 Å². The third kappa shape index (κ3) is 4.80. The van der Waals surface area contributed by atoms with Gasteiger partial charge in [0.15, 0.2) is 0 Å². The Labute approximate surface area is 223 Å². The van der Waals surface area contributed by atoms with E-state index in [0.29, 0.717) is 5.69 Å². The summed E-state index contributed by atoms with van der Waals surface area (Å²) >= 11 is 0. The number of nitrogens with zero attached hydrogens (tertiary/aromatic N) is 2. The van der Waals surface area contributed by atoms with E-state index in [1.165, 1.54) is 21.8 Å². The quantitative estimate of drug-likeness (QED) is 0.208. The van der Waals surface area contributed by atoms with Crippen LogP contribution in [0.1, 0.15) is 38.1 Å². The van der Waals surface area contributed by atoms with Crippen LogP contribution in [0.15, 0.2) is 102 Å². The number of para-hydroxylation sites is 2. The van der Waals surface area contributed by atoms with Gasteiger partial charge in [-0.1, -0.05) is 36.4 Å². The lowest BCUT2D eigenvalue weighted by Crippen LogP contribution is -2.24. The zero-order valence-electron chi connectivity index (χ0n) is 22.1. The molecule has 1 aromatic heterocycles. The van der Waals surface area contributed by atoms with E-state index < -0.39 is 18.6 Å². The Kier molecular flexibility index (Phi) is 6.77. The van der Waals surface area contributed by atoms with Crippen molar-refractivity contribution in [1.29, 1.82) is 0 Å². The van der Waals surface area contributed by atoms with E-state index in [2.05, 4.69) is 79.8 Å². The topological polar surface area (TPSA) is 75.9 Å². The number of carboxylic acids is 1. The number of carbonyl (C=O) groups is 1. The molecule has 0 aliphatic rings. The monoisotopic (exact) mass is 525 g/mol. The molecule has 0 radical (unpaired) electrons. The maximum atomic E-state index is 11.4. The van der Waals surface area contributed by atoms with Crippen LogP contribution < -0.4 is 9.61 Å². The largest absolute Gasteiger partial charge is 0.478 e. The van der Waals surface area contributed by atoms with Crippen molar-refractivity contribution in [3.63, 3.8) is 0 Å². The number of nitrogens with one attached hydrogen (secondary N) is 1. The van der Waals surface area contributed by atoms with Gasteiger partial charge in [-0.05, 0) is 88.4 Å². The first kappa shape index (κ1) is 25.6. The van der Waals surface area contributed by atoms with E-state index in [-0.39, 0.29) is 5.56 Å². The minimum absolute atomic E-state index is 0.221. The van der Waals surface area contributed by atoms with E-state index in [1.807, 2.05) is 30.3 Å². The number of aryl methyl sites for hydroxylation is 1. The summed E-state index contributed by atoms with van der Waals surface area (Å²) < 4.78 is 14.3. The van der Waals surface area contributed by atoms with Gasteiger partial charge in [-0.15, -0.1) is 0 Å². The minimum Gasteiger partial charge on any atom is -0.478 e. The minimum atomic E-state index is -2.80. The molecule has 0 fully saturated rings. The first-order valence-electron chi connectivity index (χ1n) is 12.7. The maximum Gasteiger partial charge on any atom is 0.335 e. The molecule has 5 rings (SSSR count). The molecule has 6 nitrogen and oxygen atoms in total. The molecule has 0 saturated heterocycles. The molecule has 194 valence electrons. The molecule has 1 atom stereocenters. The SMILES string of the molecule is CCn1c2ccccc2c2cc(NP(=Nc3ccc(C(=O)O)cc3)(Oc3ccccc3)C(C)(C)C)ccc21. The summed E-state index contributed by atoms with van der Waals surface area (Å²) in [6.07, 6.45) is 0. The van der Waals surface area contributed by atoms with Crippen molar-refractivity contribution in [2.45, 2.75) is 39.4 Å². The van der Waals surface area contributed by atoms with Gasteiger partial charge in [-0.3, -0.25) is 0 Å². The predicted molar refractivity (Wildman–Crippen MR) is 158 cm³/mol.